The molecule has 24 heavy (non-hydrogen) atoms. The number of aromatic hydroxyl groups is 2. The first-order valence-electron chi connectivity index (χ1n) is 7.04. The molecule has 1 saturated heterocycles. The van der Waals surface area contributed by atoms with E-state index in [1.54, 1.807) is 0 Å². The summed E-state index contributed by atoms with van der Waals surface area (Å²) in [6, 6.07) is 3.95. The van der Waals surface area contributed by atoms with Crippen LogP contribution in [-0.2, 0) is 14.3 Å². The van der Waals surface area contributed by atoms with Crippen LogP contribution in [0, 0.1) is 0 Å². The van der Waals surface area contributed by atoms with Crippen LogP contribution in [0.3, 0.4) is 0 Å². The summed E-state index contributed by atoms with van der Waals surface area (Å²) in [5.74, 6) is -1.43. The lowest BCUT2D eigenvalue weighted by Crippen LogP contribution is -2.58. The van der Waals surface area contributed by atoms with Crippen LogP contribution < -0.4 is 0 Å². The molecule has 0 radical (unpaired) electrons. The van der Waals surface area contributed by atoms with Gasteiger partial charge in [0.25, 0.3) is 0 Å². The molecule has 2 rings (SSSR count). The zero-order chi connectivity index (χ0) is 17.9. The number of phenols is 2. The van der Waals surface area contributed by atoms with Crippen molar-refractivity contribution in [2.24, 2.45) is 0 Å². The second kappa shape index (κ2) is 7.60. The predicted octanol–water partition coefficient (Wildman–Crippen LogP) is -1.55. The van der Waals surface area contributed by atoms with Crippen molar-refractivity contribution in [3.8, 4) is 11.5 Å². The fourth-order valence-electron chi connectivity index (χ4n) is 2.09. The molecule has 1 fully saturated rings. The van der Waals surface area contributed by atoms with Crippen molar-refractivity contribution < 1.29 is 44.9 Å². The van der Waals surface area contributed by atoms with Gasteiger partial charge in [-0.25, -0.2) is 4.79 Å². The van der Waals surface area contributed by atoms with Crippen molar-refractivity contribution in [2.45, 2.75) is 30.7 Å². The van der Waals surface area contributed by atoms with Gasteiger partial charge in [0.1, 0.15) is 31.0 Å². The third-order valence-electron chi connectivity index (χ3n) is 3.49. The molecule has 0 saturated carbocycles. The summed E-state index contributed by atoms with van der Waals surface area (Å²) < 4.78 is 9.69. The standard InChI is InChI=1S/C15H18O9/c16-8-3-1-7(5-9(8)17)2-4-11(18)23-6-10-12(19)13(20)14(21)15(22)24-10/h1-5,10,12-17,19-22H,6H2. The van der Waals surface area contributed by atoms with E-state index in [2.05, 4.69) is 0 Å². The van der Waals surface area contributed by atoms with E-state index in [4.69, 9.17) is 9.47 Å². The van der Waals surface area contributed by atoms with Crippen LogP contribution in [0.15, 0.2) is 24.3 Å². The average molecular weight is 342 g/mol. The van der Waals surface area contributed by atoms with Gasteiger partial charge in [-0.15, -0.1) is 0 Å². The van der Waals surface area contributed by atoms with Crippen molar-refractivity contribution >= 4 is 12.0 Å². The Bertz CT molecular complexity index is 615. The number of carbonyl (C=O) groups excluding carboxylic acids is 1. The molecule has 1 aromatic rings. The summed E-state index contributed by atoms with van der Waals surface area (Å²) in [4.78, 5) is 11.6. The molecular formula is C15H18O9. The first-order valence-corrected chi connectivity index (χ1v) is 7.04. The van der Waals surface area contributed by atoms with Crippen LogP contribution >= 0.6 is 0 Å². The van der Waals surface area contributed by atoms with Gasteiger partial charge >= 0.3 is 5.97 Å². The molecular weight excluding hydrogens is 324 g/mol. The highest BCUT2D eigenvalue weighted by molar-refractivity contribution is 5.87. The van der Waals surface area contributed by atoms with Gasteiger partial charge < -0.3 is 40.1 Å². The zero-order valence-corrected chi connectivity index (χ0v) is 12.4. The SMILES string of the molecule is O=C(C=Cc1ccc(O)c(O)c1)OCC1OC(O)C(O)C(O)C1O. The van der Waals surface area contributed by atoms with Gasteiger partial charge in [0.15, 0.2) is 17.8 Å². The largest absolute Gasteiger partial charge is 0.504 e. The summed E-state index contributed by atoms with van der Waals surface area (Å²) in [7, 11) is 0. The van der Waals surface area contributed by atoms with Crippen LogP contribution in [0.1, 0.15) is 5.56 Å². The highest BCUT2D eigenvalue weighted by Gasteiger charge is 2.43. The highest BCUT2D eigenvalue weighted by Crippen LogP contribution is 2.25. The van der Waals surface area contributed by atoms with Gasteiger partial charge in [-0.05, 0) is 23.8 Å². The number of hydrogen-bond acceptors (Lipinski definition) is 9. The molecule has 132 valence electrons. The minimum atomic E-state index is -1.71. The Morgan fingerprint density at radius 1 is 1.08 bits per heavy atom. The topological polar surface area (TPSA) is 157 Å². The van der Waals surface area contributed by atoms with Crippen molar-refractivity contribution in [1.82, 2.24) is 0 Å². The van der Waals surface area contributed by atoms with Crippen molar-refractivity contribution in [3.05, 3.63) is 29.8 Å². The maximum Gasteiger partial charge on any atom is 0.330 e. The first-order chi connectivity index (χ1) is 11.3. The predicted molar refractivity (Wildman–Crippen MR) is 78.7 cm³/mol. The highest BCUT2D eigenvalue weighted by atomic mass is 16.6. The molecule has 0 amide bonds. The van der Waals surface area contributed by atoms with E-state index in [0.29, 0.717) is 5.56 Å². The van der Waals surface area contributed by atoms with Crippen LogP contribution in [0.25, 0.3) is 6.08 Å². The Morgan fingerprint density at radius 2 is 1.79 bits per heavy atom. The molecule has 0 spiro atoms. The lowest BCUT2D eigenvalue weighted by molar-refractivity contribution is -0.287. The molecule has 5 unspecified atom stereocenters. The smallest absolute Gasteiger partial charge is 0.330 e. The number of aliphatic hydroxyl groups excluding tert-OH is 4. The summed E-state index contributed by atoms with van der Waals surface area (Å²) in [5, 5.41) is 56.4. The number of rotatable bonds is 4. The molecule has 1 aliphatic rings. The average Bonchev–Trinajstić information content (AvgIpc) is 2.56. The number of carbonyl (C=O) groups is 1. The molecule has 0 bridgehead atoms. The normalized spacial score (nSPS) is 30.4. The Hall–Kier alpha value is -2.17. The molecule has 1 aromatic carbocycles. The van der Waals surface area contributed by atoms with Crippen LogP contribution in [0.5, 0.6) is 11.5 Å². The molecule has 6 N–H and O–H groups in total. The lowest BCUT2D eigenvalue weighted by Gasteiger charge is -2.37. The number of phenolic OH excluding ortho intramolecular Hbond substituents is 2. The van der Waals surface area contributed by atoms with E-state index in [1.807, 2.05) is 0 Å². The monoisotopic (exact) mass is 342 g/mol. The lowest BCUT2D eigenvalue weighted by atomic mass is 9.99. The third-order valence-corrected chi connectivity index (χ3v) is 3.49. The van der Waals surface area contributed by atoms with E-state index in [9.17, 15) is 35.4 Å². The zero-order valence-electron chi connectivity index (χ0n) is 12.4. The molecule has 1 heterocycles. The number of ether oxygens (including phenoxy) is 2. The Balaban J connectivity index is 1.88. The first kappa shape index (κ1) is 18.2. The molecule has 9 nitrogen and oxygen atoms in total. The Kier molecular flexibility index (Phi) is 5.75. The van der Waals surface area contributed by atoms with Crippen LogP contribution in [0.2, 0.25) is 0 Å². The van der Waals surface area contributed by atoms with E-state index in [1.165, 1.54) is 24.3 Å². The Labute approximate surface area is 136 Å². The minimum Gasteiger partial charge on any atom is -0.504 e. The maximum atomic E-state index is 11.6. The Morgan fingerprint density at radius 3 is 2.46 bits per heavy atom. The summed E-state index contributed by atoms with van der Waals surface area (Å²) >= 11 is 0. The van der Waals surface area contributed by atoms with E-state index < -0.39 is 43.3 Å². The van der Waals surface area contributed by atoms with Gasteiger partial charge in [0.05, 0.1) is 0 Å². The minimum absolute atomic E-state index is 0.294. The molecule has 9 heteroatoms. The molecule has 1 aliphatic heterocycles. The van der Waals surface area contributed by atoms with Crippen molar-refractivity contribution in [3.63, 3.8) is 0 Å². The quantitative estimate of drug-likeness (QED) is 0.217. The van der Waals surface area contributed by atoms with E-state index in [0.717, 1.165) is 6.08 Å². The van der Waals surface area contributed by atoms with E-state index in [-0.39, 0.29) is 11.5 Å². The number of benzene rings is 1. The summed E-state index contributed by atoms with van der Waals surface area (Å²) in [6.07, 6.45) is -5.36. The molecule has 5 atom stereocenters. The summed E-state index contributed by atoms with van der Waals surface area (Å²) in [5.41, 5.74) is 0.435. The van der Waals surface area contributed by atoms with Gasteiger partial charge in [0, 0.05) is 6.08 Å². The van der Waals surface area contributed by atoms with Gasteiger partial charge in [0.2, 0.25) is 0 Å². The third kappa shape index (κ3) is 4.22. The second-order valence-electron chi connectivity index (χ2n) is 5.25. The van der Waals surface area contributed by atoms with Crippen LogP contribution in [-0.4, -0.2) is 73.9 Å². The molecule has 0 aliphatic carbocycles. The second-order valence-corrected chi connectivity index (χ2v) is 5.25. The molecule has 0 aromatic heterocycles. The number of hydrogen-bond donors (Lipinski definition) is 6. The number of aliphatic hydroxyl groups is 4. The maximum absolute atomic E-state index is 11.6. The van der Waals surface area contributed by atoms with Gasteiger partial charge in [-0.3, -0.25) is 0 Å². The van der Waals surface area contributed by atoms with Crippen molar-refractivity contribution in [1.29, 1.82) is 0 Å². The van der Waals surface area contributed by atoms with Gasteiger partial charge in [-0.2, -0.15) is 0 Å². The van der Waals surface area contributed by atoms with Crippen LogP contribution in [0.4, 0.5) is 0 Å². The van der Waals surface area contributed by atoms with Gasteiger partial charge in [-0.1, -0.05) is 6.07 Å². The van der Waals surface area contributed by atoms with Crippen molar-refractivity contribution in [2.75, 3.05) is 6.61 Å². The fraction of sp³-hybridized carbons (Fsp3) is 0.400. The van der Waals surface area contributed by atoms with E-state index >= 15 is 0 Å². The fourth-order valence-corrected chi connectivity index (χ4v) is 2.09. The summed E-state index contributed by atoms with van der Waals surface area (Å²) in [6.45, 7) is -0.452. The number of esters is 1.